The minimum absolute atomic E-state index is 0.0996. The molecule has 0 fully saturated rings. The first-order valence-corrected chi connectivity index (χ1v) is 8.00. The van der Waals surface area contributed by atoms with Crippen LogP contribution in [0.3, 0.4) is 0 Å². The van der Waals surface area contributed by atoms with Gasteiger partial charge in [-0.1, -0.05) is 24.3 Å². The Hall–Kier alpha value is -3.46. The van der Waals surface area contributed by atoms with Gasteiger partial charge in [0.15, 0.2) is 5.78 Å². The molecule has 132 valence electrons. The Kier molecular flexibility index (Phi) is 6.63. The molecular formula is C20H18FN3O2. The summed E-state index contributed by atoms with van der Waals surface area (Å²) in [6, 6.07) is 14.5. The van der Waals surface area contributed by atoms with Gasteiger partial charge in [-0.15, -0.1) is 0 Å². The summed E-state index contributed by atoms with van der Waals surface area (Å²) in [5.74, 6) is -0.995. The third kappa shape index (κ3) is 5.56. The fraction of sp³-hybridized carbons (Fsp3) is 0.150. The Balaban J connectivity index is 1.93. The van der Waals surface area contributed by atoms with Crippen molar-refractivity contribution in [2.24, 2.45) is 0 Å². The number of nitrogens with one attached hydrogen (secondary N) is 2. The summed E-state index contributed by atoms with van der Waals surface area (Å²) < 4.78 is 13.1. The lowest BCUT2D eigenvalue weighted by atomic mass is 10.1. The standard InChI is InChI=1S/C20H18FN3O2/c1-14(25)16-5-3-7-19(11-16)24-20(26)17(12-22)13-23-9-8-15-4-2-6-18(21)10-15/h2-7,10-11,13,23H,8-9H2,1H3,(H,24,26)/b17-13-. The van der Waals surface area contributed by atoms with E-state index < -0.39 is 5.91 Å². The number of carbonyl (C=O) groups excluding carboxylic acids is 2. The van der Waals surface area contributed by atoms with Crippen molar-refractivity contribution in [3.8, 4) is 6.07 Å². The van der Waals surface area contributed by atoms with Crippen molar-refractivity contribution < 1.29 is 14.0 Å². The second-order valence-electron chi connectivity index (χ2n) is 5.59. The molecule has 2 aromatic rings. The molecule has 6 heteroatoms. The molecule has 0 bridgehead atoms. The predicted molar refractivity (Wildman–Crippen MR) is 96.9 cm³/mol. The third-order valence-electron chi connectivity index (χ3n) is 3.59. The van der Waals surface area contributed by atoms with E-state index in [-0.39, 0.29) is 17.2 Å². The molecule has 1 amide bonds. The number of rotatable bonds is 7. The average molecular weight is 351 g/mol. The number of Topliss-reactive ketones (excluding diaryl/α,β-unsaturated/α-hetero) is 1. The van der Waals surface area contributed by atoms with Crippen molar-refractivity contribution in [2.75, 3.05) is 11.9 Å². The lowest BCUT2D eigenvalue weighted by Crippen LogP contribution is -2.18. The van der Waals surface area contributed by atoms with Gasteiger partial charge in [0.25, 0.3) is 5.91 Å². The molecule has 0 aliphatic rings. The van der Waals surface area contributed by atoms with Gasteiger partial charge in [-0.25, -0.2) is 4.39 Å². The van der Waals surface area contributed by atoms with Gasteiger partial charge >= 0.3 is 0 Å². The summed E-state index contributed by atoms with van der Waals surface area (Å²) in [5, 5.41) is 14.6. The van der Waals surface area contributed by atoms with Gasteiger partial charge in [-0.3, -0.25) is 9.59 Å². The van der Waals surface area contributed by atoms with Crippen LogP contribution in [0.1, 0.15) is 22.8 Å². The monoisotopic (exact) mass is 351 g/mol. The molecular weight excluding hydrogens is 333 g/mol. The number of halogens is 1. The number of carbonyl (C=O) groups is 2. The third-order valence-corrected chi connectivity index (χ3v) is 3.59. The van der Waals surface area contributed by atoms with Gasteiger partial charge in [0.2, 0.25) is 0 Å². The maximum Gasteiger partial charge on any atom is 0.267 e. The molecule has 0 aliphatic carbocycles. The highest BCUT2D eigenvalue weighted by molar-refractivity contribution is 6.07. The number of ketones is 1. The van der Waals surface area contributed by atoms with Crippen LogP contribution in [0, 0.1) is 17.1 Å². The minimum atomic E-state index is -0.577. The van der Waals surface area contributed by atoms with Crippen molar-refractivity contribution in [2.45, 2.75) is 13.3 Å². The zero-order valence-corrected chi connectivity index (χ0v) is 14.3. The molecule has 0 atom stereocenters. The molecule has 0 unspecified atom stereocenters. The first kappa shape index (κ1) is 18.9. The lowest BCUT2D eigenvalue weighted by Gasteiger charge is -2.06. The van der Waals surface area contributed by atoms with E-state index in [4.69, 9.17) is 5.26 Å². The normalized spacial score (nSPS) is 10.7. The largest absolute Gasteiger partial charge is 0.389 e. The molecule has 0 aliphatic heterocycles. The first-order valence-electron chi connectivity index (χ1n) is 8.00. The van der Waals surface area contributed by atoms with E-state index in [0.717, 1.165) is 5.56 Å². The smallest absolute Gasteiger partial charge is 0.267 e. The van der Waals surface area contributed by atoms with Gasteiger partial charge in [0.1, 0.15) is 17.5 Å². The van der Waals surface area contributed by atoms with Crippen LogP contribution < -0.4 is 10.6 Å². The fourth-order valence-corrected chi connectivity index (χ4v) is 2.25. The molecule has 0 radical (unpaired) electrons. The SMILES string of the molecule is CC(=O)c1cccc(NC(=O)/C(C#N)=C\NCCc2cccc(F)c2)c1. The summed E-state index contributed by atoms with van der Waals surface area (Å²) >= 11 is 0. The molecule has 0 heterocycles. The Bertz CT molecular complexity index is 885. The van der Waals surface area contributed by atoms with Crippen LogP contribution in [-0.4, -0.2) is 18.2 Å². The number of anilines is 1. The van der Waals surface area contributed by atoms with Gasteiger partial charge in [0, 0.05) is 24.0 Å². The number of benzene rings is 2. The summed E-state index contributed by atoms with van der Waals surface area (Å²) in [6.45, 7) is 1.88. The van der Waals surface area contributed by atoms with Crippen LogP contribution in [0.25, 0.3) is 0 Å². The summed E-state index contributed by atoms with van der Waals surface area (Å²) in [6.07, 6.45) is 1.87. The van der Waals surface area contributed by atoms with E-state index in [1.54, 1.807) is 36.4 Å². The highest BCUT2D eigenvalue weighted by Crippen LogP contribution is 2.12. The average Bonchev–Trinajstić information content (AvgIpc) is 2.62. The van der Waals surface area contributed by atoms with Gasteiger partial charge < -0.3 is 10.6 Å². The predicted octanol–water partition coefficient (Wildman–Crippen LogP) is 3.21. The molecule has 0 aromatic heterocycles. The lowest BCUT2D eigenvalue weighted by molar-refractivity contribution is -0.112. The second kappa shape index (κ2) is 9.14. The highest BCUT2D eigenvalue weighted by Gasteiger charge is 2.10. The van der Waals surface area contributed by atoms with E-state index >= 15 is 0 Å². The van der Waals surface area contributed by atoms with Crippen molar-refractivity contribution in [3.05, 3.63) is 77.2 Å². The van der Waals surface area contributed by atoms with Gasteiger partial charge in [0.05, 0.1) is 0 Å². The fourth-order valence-electron chi connectivity index (χ4n) is 2.25. The van der Waals surface area contributed by atoms with Crippen LogP contribution in [0.4, 0.5) is 10.1 Å². The number of hydrogen-bond acceptors (Lipinski definition) is 4. The summed E-state index contributed by atoms with van der Waals surface area (Å²) in [7, 11) is 0. The van der Waals surface area contributed by atoms with Crippen LogP contribution >= 0.6 is 0 Å². The first-order chi connectivity index (χ1) is 12.5. The Labute approximate surface area is 151 Å². The molecule has 26 heavy (non-hydrogen) atoms. The quantitative estimate of drug-likeness (QED) is 0.347. The Morgan fingerprint density at radius 3 is 2.65 bits per heavy atom. The topological polar surface area (TPSA) is 82.0 Å². The summed E-state index contributed by atoms with van der Waals surface area (Å²) in [5.41, 5.74) is 1.62. The van der Waals surface area contributed by atoms with Crippen molar-refractivity contribution >= 4 is 17.4 Å². The van der Waals surface area contributed by atoms with Crippen molar-refractivity contribution in [1.82, 2.24) is 5.32 Å². The summed E-state index contributed by atoms with van der Waals surface area (Å²) in [4.78, 5) is 23.5. The molecule has 0 saturated carbocycles. The van der Waals surface area contributed by atoms with E-state index in [1.165, 1.54) is 25.3 Å². The second-order valence-corrected chi connectivity index (χ2v) is 5.59. The maximum atomic E-state index is 13.1. The minimum Gasteiger partial charge on any atom is -0.389 e. The Morgan fingerprint density at radius 2 is 1.96 bits per heavy atom. The van der Waals surface area contributed by atoms with Gasteiger partial charge in [-0.2, -0.15) is 5.26 Å². The van der Waals surface area contributed by atoms with E-state index in [1.807, 2.05) is 6.07 Å². The molecule has 0 spiro atoms. The van der Waals surface area contributed by atoms with Crippen LogP contribution in [0.5, 0.6) is 0 Å². The van der Waals surface area contributed by atoms with E-state index in [2.05, 4.69) is 10.6 Å². The molecule has 2 N–H and O–H groups in total. The number of hydrogen-bond donors (Lipinski definition) is 2. The van der Waals surface area contributed by atoms with Crippen molar-refractivity contribution in [1.29, 1.82) is 5.26 Å². The number of nitrogens with zero attached hydrogens (tertiary/aromatic N) is 1. The van der Waals surface area contributed by atoms with Gasteiger partial charge in [-0.05, 0) is 43.2 Å². The van der Waals surface area contributed by atoms with E-state index in [0.29, 0.717) is 24.2 Å². The molecule has 5 nitrogen and oxygen atoms in total. The number of nitriles is 1. The van der Waals surface area contributed by atoms with Crippen LogP contribution in [0.2, 0.25) is 0 Å². The molecule has 2 rings (SSSR count). The molecule has 2 aromatic carbocycles. The maximum absolute atomic E-state index is 13.1. The number of amides is 1. The van der Waals surface area contributed by atoms with Crippen LogP contribution in [0.15, 0.2) is 60.3 Å². The highest BCUT2D eigenvalue weighted by atomic mass is 19.1. The van der Waals surface area contributed by atoms with Crippen molar-refractivity contribution in [3.63, 3.8) is 0 Å². The van der Waals surface area contributed by atoms with Crippen LogP contribution in [-0.2, 0) is 11.2 Å². The van der Waals surface area contributed by atoms with E-state index in [9.17, 15) is 14.0 Å². The zero-order chi connectivity index (χ0) is 18.9. The zero-order valence-electron chi connectivity index (χ0n) is 14.3. The Morgan fingerprint density at radius 1 is 1.19 bits per heavy atom. The molecule has 0 saturated heterocycles.